The summed E-state index contributed by atoms with van der Waals surface area (Å²) in [6, 6.07) is 6.20. The minimum absolute atomic E-state index is 0.0605. The van der Waals surface area contributed by atoms with E-state index in [0.717, 1.165) is 12.8 Å². The summed E-state index contributed by atoms with van der Waals surface area (Å²) in [5.74, 6) is -2.52. The number of carbonyl (C=O) groups is 2. The van der Waals surface area contributed by atoms with Crippen LogP contribution in [-0.2, 0) is 4.79 Å². The highest BCUT2D eigenvalue weighted by atomic mass is 32.2. The van der Waals surface area contributed by atoms with Gasteiger partial charge < -0.3 is 15.5 Å². The maximum Gasteiger partial charge on any atom is 0.321 e. The highest BCUT2D eigenvalue weighted by Gasteiger charge is 2.23. The quantitative estimate of drug-likeness (QED) is 0.826. The van der Waals surface area contributed by atoms with Crippen LogP contribution in [0.25, 0.3) is 0 Å². The number of alkyl halides is 2. The molecule has 126 valence electrons. The minimum atomic E-state index is -2.46. The van der Waals surface area contributed by atoms with E-state index in [2.05, 4.69) is 10.6 Å². The Kier molecular flexibility index (Phi) is 6.20. The molecule has 23 heavy (non-hydrogen) atoms. The van der Waals surface area contributed by atoms with E-state index in [1.165, 1.54) is 6.92 Å². The second-order valence-corrected chi connectivity index (χ2v) is 6.36. The molecular formula is C15H19F2N3O2S. The van der Waals surface area contributed by atoms with E-state index in [1.54, 1.807) is 29.2 Å². The van der Waals surface area contributed by atoms with Crippen molar-refractivity contribution < 1.29 is 18.4 Å². The molecule has 1 aromatic rings. The zero-order valence-corrected chi connectivity index (χ0v) is 13.5. The molecule has 0 aliphatic carbocycles. The zero-order valence-electron chi connectivity index (χ0n) is 12.7. The smallest absolute Gasteiger partial charge is 0.321 e. The number of carbonyl (C=O) groups excluding carboxylic acids is 2. The first-order valence-corrected chi connectivity index (χ1v) is 8.20. The highest BCUT2D eigenvalue weighted by Crippen LogP contribution is 2.26. The predicted octanol–water partition coefficient (Wildman–Crippen LogP) is 3.13. The number of benzene rings is 1. The van der Waals surface area contributed by atoms with Gasteiger partial charge in [-0.25, -0.2) is 4.79 Å². The van der Waals surface area contributed by atoms with Gasteiger partial charge in [0.05, 0.1) is 0 Å². The molecule has 0 atom stereocenters. The fraction of sp³-hybridized carbons (Fsp3) is 0.467. The molecule has 1 aromatic carbocycles. The van der Waals surface area contributed by atoms with Crippen molar-refractivity contribution in [1.29, 1.82) is 0 Å². The summed E-state index contributed by atoms with van der Waals surface area (Å²) in [6.45, 7) is 2.61. The van der Waals surface area contributed by atoms with Crippen molar-refractivity contribution in [3.63, 3.8) is 0 Å². The molecular weight excluding hydrogens is 324 g/mol. The van der Waals surface area contributed by atoms with Crippen LogP contribution in [0.2, 0.25) is 0 Å². The van der Waals surface area contributed by atoms with Crippen LogP contribution in [0.5, 0.6) is 0 Å². The number of anilines is 1. The Balaban J connectivity index is 1.82. The topological polar surface area (TPSA) is 61.4 Å². The molecule has 2 rings (SSSR count). The molecule has 0 aromatic heterocycles. The van der Waals surface area contributed by atoms with Gasteiger partial charge in [-0.05, 0) is 37.1 Å². The van der Waals surface area contributed by atoms with Gasteiger partial charge in [-0.1, -0.05) is 11.8 Å². The van der Waals surface area contributed by atoms with Crippen molar-refractivity contribution in [2.45, 2.75) is 36.5 Å². The number of piperidine rings is 1. The van der Waals surface area contributed by atoms with Gasteiger partial charge in [0.15, 0.2) is 0 Å². The van der Waals surface area contributed by atoms with E-state index in [-0.39, 0.29) is 18.0 Å². The van der Waals surface area contributed by atoms with Gasteiger partial charge in [0.1, 0.15) is 0 Å². The third kappa shape index (κ3) is 5.70. The molecule has 8 heteroatoms. The maximum atomic E-state index is 12.2. The predicted molar refractivity (Wildman–Crippen MR) is 85.7 cm³/mol. The largest absolute Gasteiger partial charge is 0.353 e. The Labute approximate surface area is 137 Å². The van der Waals surface area contributed by atoms with Gasteiger partial charge in [-0.2, -0.15) is 8.78 Å². The first-order valence-electron chi connectivity index (χ1n) is 7.32. The van der Waals surface area contributed by atoms with Crippen molar-refractivity contribution in [3.05, 3.63) is 24.3 Å². The van der Waals surface area contributed by atoms with Crippen LogP contribution < -0.4 is 10.6 Å². The Morgan fingerprint density at radius 2 is 1.83 bits per heavy atom. The molecule has 3 amide bonds. The molecule has 0 unspecified atom stereocenters. The summed E-state index contributed by atoms with van der Waals surface area (Å²) >= 11 is 0.468. The molecule has 1 heterocycles. The van der Waals surface area contributed by atoms with E-state index in [0.29, 0.717) is 35.4 Å². The average molecular weight is 343 g/mol. The van der Waals surface area contributed by atoms with Crippen LogP contribution in [0.3, 0.4) is 0 Å². The molecule has 1 aliphatic rings. The van der Waals surface area contributed by atoms with E-state index in [4.69, 9.17) is 0 Å². The summed E-state index contributed by atoms with van der Waals surface area (Å²) < 4.78 is 24.5. The zero-order chi connectivity index (χ0) is 16.8. The third-order valence-electron chi connectivity index (χ3n) is 3.52. The first-order chi connectivity index (χ1) is 10.9. The van der Waals surface area contributed by atoms with Crippen LogP contribution >= 0.6 is 11.8 Å². The summed E-state index contributed by atoms with van der Waals surface area (Å²) in [7, 11) is 0. The van der Waals surface area contributed by atoms with Crippen LogP contribution in [0.4, 0.5) is 19.3 Å². The summed E-state index contributed by atoms with van der Waals surface area (Å²) in [5.41, 5.74) is 0.567. The Morgan fingerprint density at radius 1 is 1.22 bits per heavy atom. The van der Waals surface area contributed by atoms with Gasteiger partial charge in [-0.15, -0.1) is 0 Å². The molecule has 5 nitrogen and oxygen atoms in total. The fourth-order valence-corrected chi connectivity index (χ4v) is 2.94. The molecule has 0 radical (unpaired) electrons. The normalized spacial score (nSPS) is 15.6. The van der Waals surface area contributed by atoms with Crippen molar-refractivity contribution in [1.82, 2.24) is 10.2 Å². The van der Waals surface area contributed by atoms with E-state index in [1.807, 2.05) is 0 Å². The molecule has 1 aliphatic heterocycles. The number of nitrogens with zero attached hydrogens (tertiary/aromatic N) is 1. The lowest BCUT2D eigenvalue weighted by molar-refractivity contribution is -0.119. The second kappa shape index (κ2) is 8.14. The van der Waals surface area contributed by atoms with Gasteiger partial charge in [0.2, 0.25) is 5.91 Å². The number of thioether (sulfide) groups is 1. The third-order valence-corrected chi connectivity index (χ3v) is 4.24. The van der Waals surface area contributed by atoms with E-state index in [9.17, 15) is 18.4 Å². The molecule has 1 fully saturated rings. The van der Waals surface area contributed by atoms with E-state index < -0.39 is 5.76 Å². The van der Waals surface area contributed by atoms with Crippen LogP contribution in [0.15, 0.2) is 29.2 Å². The lowest BCUT2D eigenvalue weighted by atomic mass is 10.1. The molecule has 0 saturated carbocycles. The highest BCUT2D eigenvalue weighted by molar-refractivity contribution is 7.99. The number of hydrogen-bond acceptors (Lipinski definition) is 3. The van der Waals surface area contributed by atoms with Crippen molar-refractivity contribution in [2.24, 2.45) is 0 Å². The van der Waals surface area contributed by atoms with Crippen molar-refractivity contribution >= 4 is 29.4 Å². The van der Waals surface area contributed by atoms with Crippen LogP contribution in [-0.4, -0.2) is 41.7 Å². The summed E-state index contributed by atoms with van der Waals surface area (Å²) in [4.78, 5) is 25.3. The minimum Gasteiger partial charge on any atom is -0.353 e. The first kappa shape index (κ1) is 17.5. The number of nitrogens with one attached hydrogen (secondary N) is 2. The lowest BCUT2D eigenvalue weighted by Crippen LogP contribution is -2.47. The molecule has 1 saturated heterocycles. The Hall–Kier alpha value is -1.83. The summed E-state index contributed by atoms with van der Waals surface area (Å²) in [5, 5.41) is 5.60. The number of amides is 3. The number of hydrogen-bond donors (Lipinski definition) is 2. The molecule has 0 spiro atoms. The van der Waals surface area contributed by atoms with Crippen molar-refractivity contribution in [3.8, 4) is 0 Å². The lowest BCUT2D eigenvalue weighted by Gasteiger charge is -2.32. The Bertz CT molecular complexity index is 546. The number of rotatable bonds is 4. The maximum absolute atomic E-state index is 12.2. The second-order valence-electron chi connectivity index (χ2n) is 5.29. The Morgan fingerprint density at radius 3 is 2.35 bits per heavy atom. The fourth-order valence-electron chi connectivity index (χ4n) is 2.44. The van der Waals surface area contributed by atoms with Gasteiger partial charge in [0, 0.05) is 36.6 Å². The van der Waals surface area contributed by atoms with Gasteiger partial charge >= 0.3 is 6.03 Å². The van der Waals surface area contributed by atoms with Crippen molar-refractivity contribution in [2.75, 3.05) is 18.4 Å². The van der Waals surface area contributed by atoms with Gasteiger partial charge in [0.25, 0.3) is 5.76 Å². The number of urea groups is 1. The standard InChI is InChI=1S/C15H19F2N3O2S/c1-10(21)18-12-6-8-20(9-7-12)15(22)19-11-2-4-13(5-3-11)23-14(16)17/h2-5,12,14H,6-9H2,1H3,(H,18,21)(H,19,22). The average Bonchev–Trinajstić information content (AvgIpc) is 2.49. The SMILES string of the molecule is CC(=O)NC1CCN(C(=O)Nc2ccc(SC(F)F)cc2)CC1. The summed E-state index contributed by atoms with van der Waals surface area (Å²) in [6.07, 6.45) is 1.44. The monoisotopic (exact) mass is 343 g/mol. The molecule has 2 N–H and O–H groups in total. The van der Waals surface area contributed by atoms with Crippen LogP contribution in [0, 0.1) is 0 Å². The number of halogens is 2. The number of likely N-dealkylation sites (tertiary alicyclic amines) is 1. The van der Waals surface area contributed by atoms with Gasteiger partial charge in [-0.3, -0.25) is 4.79 Å². The van der Waals surface area contributed by atoms with Crippen LogP contribution in [0.1, 0.15) is 19.8 Å². The molecule has 0 bridgehead atoms. The van der Waals surface area contributed by atoms with E-state index >= 15 is 0 Å².